The highest BCUT2D eigenvalue weighted by molar-refractivity contribution is 5.86. The smallest absolute Gasteiger partial charge is 0.330 e. The summed E-state index contributed by atoms with van der Waals surface area (Å²) < 4.78 is 4.90. The number of aliphatic hydroxyl groups excluding tert-OH is 1. The van der Waals surface area contributed by atoms with Gasteiger partial charge in [-0.2, -0.15) is 0 Å². The van der Waals surface area contributed by atoms with Gasteiger partial charge in [-0.15, -0.1) is 0 Å². The van der Waals surface area contributed by atoms with Crippen LogP contribution in [0.1, 0.15) is 37.7 Å². The summed E-state index contributed by atoms with van der Waals surface area (Å²) in [6.45, 7) is 11.0. The standard InChI is InChI=1S/C11H12O2.C7H10O3.C6H10O3/c1-9(11(12)13)7-8-10-5-3-2-4-6-10;1-5(7(8)9)2-3-6-4-10-6;1-5(6(8)9)3-2-4-7/h2-6H,1,7-8H2,(H,12,13);6H,1-4H2,(H,8,9);7H,1-4H2,(H,8,9). The van der Waals surface area contributed by atoms with Crippen molar-refractivity contribution in [3.63, 3.8) is 0 Å². The van der Waals surface area contributed by atoms with Crippen molar-refractivity contribution in [3.05, 3.63) is 72.4 Å². The van der Waals surface area contributed by atoms with E-state index in [4.69, 9.17) is 25.2 Å². The largest absolute Gasteiger partial charge is 0.478 e. The lowest BCUT2D eigenvalue weighted by Crippen LogP contribution is -2.00. The van der Waals surface area contributed by atoms with E-state index in [0.29, 0.717) is 31.8 Å². The van der Waals surface area contributed by atoms with E-state index < -0.39 is 17.9 Å². The molecule has 0 aliphatic carbocycles. The Hall–Kier alpha value is -3.23. The quantitative estimate of drug-likeness (QED) is 0.281. The number of ether oxygens (including phenoxy) is 1. The SMILES string of the molecule is C=C(CCC1CO1)C(=O)O.C=C(CCCO)C(=O)O.C=C(CCc1ccccc1)C(=O)O. The molecular weight excluding hydrogens is 416 g/mol. The molecule has 1 aromatic carbocycles. The normalized spacial score (nSPS) is 13.3. The van der Waals surface area contributed by atoms with Gasteiger partial charge >= 0.3 is 17.9 Å². The third-order valence-corrected chi connectivity index (χ3v) is 4.27. The summed E-state index contributed by atoms with van der Waals surface area (Å²) in [6, 6.07) is 9.79. The summed E-state index contributed by atoms with van der Waals surface area (Å²) in [5, 5.41) is 33.4. The van der Waals surface area contributed by atoms with Crippen LogP contribution >= 0.6 is 0 Å². The first-order chi connectivity index (χ1) is 15.1. The number of epoxide rings is 1. The molecule has 1 heterocycles. The van der Waals surface area contributed by atoms with Gasteiger partial charge in [-0.3, -0.25) is 0 Å². The van der Waals surface area contributed by atoms with Crippen LogP contribution in [0.3, 0.4) is 0 Å². The molecule has 1 aromatic rings. The van der Waals surface area contributed by atoms with E-state index in [0.717, 1.165) is 25.0 Å². The van der Waals surface area contributed by atoms with Crippen LogP contribution in [0.5, 0.6) is 0 Å². The van der Waals surface area contributed by atoms with Gasteiger partial charge < -0.3 is 25.2 Å². The van der Waals surface area contributed by atoms with Crippen LogP contribution in [-0.2, 0) is 25.5 Å². The van der Waals surface area contributed by atoms with Crippen molar-refractivity contribution in [2.75, 3.05) is 13.2 Å². The first-order valence-electron chi connectivity index (χ1n) is 10.1. The summed E-state index contributed by atoms with van der Waals surface area (Å²) in [6.07, 6.45) is 3.74. The maximum Gasteiger partial charge on any atom is 0.330 e. The summed E-state index contributed by atoms with van der Waals surface area (Å²) in [4.78, 5) is 30.6. The molecule has 0 spiro atoms. The molecule has 8 heteroatoms. The first kappa shape index (κ1) is 28.8. The molecule has 0 radical (unpaired) electrons. The molecule has 4 N–H and O–H groups in total. The number of benzene rings is 1. The predicted octanol–water partition coefficient (Wildman–Crippen LogP) is 3.47. The Kier molecular flexibility index (Phi) is 14.8. The van der Waals surface area contributed by atoms with E-state index in [1.165, 1.54) is 0 Å². The first-order valence-corrected chi connectivity index (χ1v) is 10.1. The zero-order valence-corrected chi connectivity index (χ0v) is 18.2. The van der Waals surface area contributed by atoms with Crippen molar-refractivity contribution in [3.8, 4) is 0 Å². The Morgan fingerprint density at radius 3 is 1.75 bits per heavy atom. The Morgan fingerprint density at radius 1 is 0.844 bits per heavy atom. The van der Waals surface area contributed by atoms with E-state index >= 15 is 0 Å². The van der Waals surface area contributed by atoms with Crippen molar-refractivity contribution >= 4 is 17.9 Å². The van der Waals surface area contributed by atoms with Gasteiger partial charge in [-0.25, -0.2) is 14.4 Å². The molecule has 32 heavy (non-hydrogen) atoms. The second-order valence-corrected chi connectivity index (χ2v) is 7.03. The molecule has 1 unspecified atom stereocenters. The van der Waals surface area contributed by atoms with Crippen molar-refractivity contribution in [2.45, 2.75) is 44.6 Å². The topological polar surface area (TPSA) is 145 Å². The molecule has 176 valence electrons. The van der Waals surface area contributed by atoms with Gasteiger partial charge in [-0.1, -0.05) is 50.1 Å². The number of carbonyl (C=O) groups is 3. The number of hydrogen-bond acceptors (Lipinski definition) is 5. The lowest BCUT2D eigenvalue weighted by molar-refractivity contribution is -0.133. The average molecular weight is 449 g/mol. The molecule has 0 bridgehead atoms. The van der Waals surface area contributed by atoms with E-state index in [2.05, 4.69) is 19.7 Å². The lowest BCUT2D eigenvalue weighted by atomic mass is 10.1. The van der Waals surface area contributed by atoms with Crippen molar-refractivity contribution in [1.82, 2.24) is 0 Å². The Morgan fingerprint density at radius 2 is 1.31 bits per heavy atom. The van der Waals surface area contributed by atoms with E-state index in [-0.39, 0.29) is 23.3 Å². The van der Waals surface area contributed by atoms with Crippen LogP contribution in [0.4, 0.5) is 0 Å². The van der Waals surface area contributed by atoms with Gasteiger partial charge in [0, 0.05) is 23.3 Å². The highest BCUT2D eigenvalue weighted by Gasteiger charge is 2.22. The lowest BCUT2D eigenvalue weighted by Gasteiger charge is -2.00. The third-order valence-electron chi connectivity index (χ3n) is 4.27. The Balaban J connectivity index is 0.000000461. The summed E-state index contributed by atoms with van der Waals surface area (Å²) in [5.41, 5.74) is 1.84. The maximum atomic E-state index is 10.4. The fourth-order valence-corrected chi connectivity index (χ4v) is 2.12. The minimum atomic E-state index is -0.983. The zero-order valence-electron chi connectivity index (χ0n) is 18.2. The monoisotopic (exact) mass is 448 g/mol. The second-order valence-electron chi connectivity index (χ2n) is 7.03. The molecule has 1 saturated heterocycles. The van der Waals surface area contributed by atoms with E-state index in [1.807, 2.05) is 30.3 Å². The van der Waals surface area contributed by atoms with Crippen LogP contribution in [0.15, 0.2) is 66.8 Å². The second kappa shape index (κ2) is 16.5. The number of aliphatic hydroxyl groups is 1. The van der Waals surface area contributed by atoms with Crippen LogP contribution in [0, 0.1) is 0 Å². The van der Waals surface area contributed by atoms with Crippen LogP contribution in [0.25, 0.3) is 0 Å². The molecule has 1 fully saturated rings. The minimum Gasteiger partial charge on any atom is -0.478 e. The molecule has 8 nitrogen and oxygen atoms in total. The molecule has 0 aromatic heterocycles. The van der Waals surface area contributed by atoms with Crippen molar-refractivity contribution in [2.24, 2.45) is 0 Å². The fraction of sp³-hybridized carbons (Fsp3) is 0.375. The van der Waals surface area contributed by atoms with Crippen LogP contribution in [-0.4, -0.2) is 57.7 Å². The molecular formula is C24H32O8. The molecule has 1 aliphatic rings. The van der Waals surface area contributed by atoms with Crippen molar-refractivity contribution < 1.29 is 39.5 Å². The van der Waals surface area contributed by atoms with Gasteiger partial charge in [0.25, 0.3) is 0 Å². The number of carboxylic acids is 3. The van der Waals surface area contributed by atoms with Crippen LogP contribution in [0.2, 0.25) is 0 Å². The molecule has 2 rings (SSSR count). The molecule has 0 saturated carbocycles. The Bertz CT molecular complexity index is 778. The van der Waals surface area contributed by atoms with E-state index in [9.17, 15) is 14.4 Å². The number of carboxylic acid groups (broad SMARTS) is 3. The fourth-order valence-electron chi connectivity index (χ4n) is 2.12. The highest BCUT2D eigenvalue weighted by Crippen LogP contribution is 2.17. The third kappa shape index (κ3) is 15.6. The van der Waals surface area contributed by atoms with E-state index in [1.54, 1.807) is 0 Å². The number of aliphatic carboxylic acids is 3. The number of aryl methyl sites for hydroxylation is 1. The predicted molar refractivity (Wildman–Crippen MR) is 120 cm³/mol. The zero-order chi connectivity index (χ0) is 24.5. The van der Waals surface area contributed by atoms with Gasteiger partial charge in [-0.05, 0) is 44.1 Å². The highest BCUT2D eigenvalue weighted by atomic mass is 16.6. The average Bonchev–Trinajstić information content (AvgIpc) is 3.60. The molecule has 0 amide bonds. The summed E-state index contributed by atoms with van der Waals surface area (Å²) >= 11 is 0. The number of hydrogen-bond donors (Lipinski definition) is 4. The minimum absolute atomic E-state index is 0.0201. The maximum absolute atomic E-state index is 10.4. The summed E-state index contributed by atoms with van der Waals surface area (Å²) in [5.74, 6) is -2.79. The van der Waals surface area contributed by atoms with Gasteiger partial charge in [0.1, 0.15) is 0 Å². The van der Waals surface area contributed by atoms with Gasteiger partial charge in [0.15, 0.2) is 0 Å². The van der Waals surface area contributed by atoms with Gasteiger partial charge in [0.2, 0.25) is 0 Å². The molecule has 1 aliphatic heterocycles. The van der Waals surface area contributed by atoms with Gasteiger partial charge in [0.05, 0.1) is 12.7 Å². The molecule has 1 atom stereocenters. The number of rotatable bonds is 12. The summed E-state index contributed by atoms with van der Waals surface area (Å²) in [7, 11) is 0. The Labute approximate surface area is 188 Å². The van der Waals surface area contributed by atoms with Crippen LogP contribution < -0.4 is 0 Å². The van der Waals surface area contributed by atoms with Crippen molar-refractivity contribution in [1.29, 1.82) is 0 Å².